The minimum absolute atomic E-state index is 0.0480. The van der Waals surface area contributed by atoms with Gasteiger partial charge in [0, 0.05) is 25.2 Å². The molecular weight excluding hydrogens is 385 g/mol. The van der Waals surface area contributed by atoms with Gasteiger partial charge in [-0.15, -0.1) is 0 Å². The van der Waals surface area contributed by atoms with Gasteiger partial charge in [-0.1, -0.05) is 12.1 Å². The standard InChI is InChI=1S/C22H24FN5O2/c1-16-12-19(28-15-24-14-26-28)6-7-20(16)22(29)25-13-21(27-8-10-30-11-9-27)17-2-4-18(23)5-3-17/h2-7,12,14-15,21H,8-11,13H2,1H3,(H,25,29)/t21-/m0/s1. The van der Waals surface area contributed by atoms with Crippen LogP contribution in [-0.2, 0) is 4.74 Å². The van der Waals surface area contributed by atoms with Crippen LogP contribution in [0.2, 0.25) is 0 Å². The molecule has 1 aliphatic heterocycles. The predicted molar refractivity (Wildman–Crippen MR) is 110 cm³/mol. The van der Waals surface area contributed by atoms with Crippen molar-refractivity contribution in [2.24, 2.45) is 0 Å². The highest BCUT2D eigenvalue weighted by atomic mass is 19.1. The first kappa shape index (κ1) is 20.2. The number of nitrogens with zero attached hydrogens (tertiary/aromatic N) is 4. The topological polar surface area (TPSA) is 72.3 Å². The van der Waals surface area contributed by atoms with Crippen LogP contribution in [0.3, 0.4) is 0 Å². The predicted octanol–water partition coefficient (Wildman–Crippen LogP) is 2.52. The summed E-state index contributed by atoms with van der Waals surface area (Å²) < 4.78 is 20.5. The van der Waals surface area contributed by atoms with E-state index in [2.05, 4.69) is 20.3 Å². The van der Waals surface area contributed by atoms with E-state index in [0.717, 1.165) is 29.9 Å². The van der Waals surface area contributed by atoms with Crippen LogP contribution < -0.4 is 5.32 Å². The lowest BCUT2D eigenvalue weighted by Crippen LogP contribution is -2.43. The maximum absolute atomic E-state index is 13.4. The van der Waals surface area contributed by atoms with Gasteiger partial charge in [0.2, 0.25) is 0 Å². The second kappa shape index (κ2) is 9.15. The first-order valence-corrected chi connectivity index (χ1v) is 9.93. The lowest BCUT2D eigenvalue weighted by Gasteiger charge is -2.35. The molecule has 0 aliphatic carbocycles. The second-order valence-electron chi connectivity index (χ2n) is 7.26. The molecule has 0 saturated carbocycles. The number of amides is 1. The van der Waals surface area contributed by atoms with E-state index in [0.29, 0.717) is 25.3 Å². The zero-order valence-corrected chi connectivity index (χ0v) is 16.8. The maximum atomic E-state index is 13.4. The summed E-state index contributed by atoms with van der Waals surface area (Å²) in [6, 6.07) is 12.0. The number of aryl methyl sites for hydroxylation is 1. The van der Waals surface area contributed by atoms with E-state index < -0.39 is 0 Å². The van der Waals surface area contributed by atoms with E-state index in [-0.39, 0.29) is 17.8 Å². The number of aromatic nitrogens is 3. The van der Waals surface area contributed by atoms with Gasteiger partial charge in [-0.3, -0.25) is 9.69 Å². The Balaban J connectivity index is 1.48. The molecule has 0 bridgehead atoms. The first-order valence-electron chi connectivity index (χ1n) is 9.93. The lowest BCUT2D eigenvalue weighted by molar-refractivity contribution is 0.0162. The molecule has 2 aromatic carbocycles. The molecule has 1 saturated heterocycles. The van der Waals surface area contributed by atoms with Gasteiger partial charge in [0.1, 0.15) is 18.5 Å². The number of hydrogen-bond donors (Lipinski definition) is 1. The van der Waals surface area contributed by atoms with Gasteiger partial charge >= 0.3 is 0 Å². The lowest BCUT2D eigenvalue weighted by atomic mass is 10.0. The summed E-state index contributed by atoms with van der Waals surface area (Å²) in [4.78, 5) is 19.1. The van der Waals surface area contributed by atoms with Crippen LogP contribution in [0.4, 0.5) is 4.39 Å². The number of carbonyl (C=O) groups is 1. The number of nitrogens with one attached hydrogen (secondary N) is 1. The van der Waals surface area contributed by atoms with Crippen LogP contribution in [-0.4, -0.2) is 58.4 Å². The molecule has 0 radical (unpaired) electrons. The van der Waals surface area contributed by atoms with Crippen molar-refractivity contribution in [1.82, 2.24) is 25.0 Å². The third-order valence-electron chi connectivity index (χ3n) is 5.34. The number of halogens is 1. The number of carbonyl (C=O) groups excluding carboxylic acids is 1. The molecule has 1 aromatic heterocycles. The molecule has 1 fully saturated rings. The Morgan fingerprint density at radius 3 is 2.63 bits per heavy atom. The van der Waals surface area contributed by atoms with Gasteiger partial charge in [0.15, 0.2) is 0 Å². The quantitative estimate of drug-likeness (QED) is 0.677. The van der Waals surface area contributed by atoms with Crippen molar-refractivity contribution in [2.45, 2.75) is 13.0 Å². The van der Waals surface area contributed by atoms with E-state index >= 15 is 0 Å². The van der Waals surface area contributed by atoms with Crippen molar-refractivity contribution < 1.29 is 13.9 Å². The van der Waals surface area contributed by atoms with Gasteiger partial charge in [-0.25, -0.2) is 14.1 Å². The third-order valence-corrected chi connectivity index (χ3v) is 5.34. The van der Waals surface area contributed by atoms with Gasteiger partial charge in [-0.2, -0.15) is 5.10 Å². The van der Waals surface area contributed by atoms with Gasteiger partial charge in [-0.05, 0) is 48.4 Å². The zero-order chi connectivity index (χ0) is 20.9. The second-order valence-corrected chi connectivity index (χ2v) is 7.26. The number of rotatable bonds is 6. The van der Waals surface area contributed by atoms with E-state index in [1.165, 1.54) is 18.5 Å². The summed E-state index contributed by atoms with van der Waals surface area (Å²) in [5.74, 6) is -0.412. The third kappa shape index (κ3) is 4.55. The van der Waals surface area contributed by atoms with Crippen LogP contribution >= 0.6 is 0 Å². The molecule has 1 atom stereocenters. The molecule has 8 heteroatoms. The Morgan fingerprint density at radius 1 is 1.20 bits per heavy atom. The summed E-state index contributed by atoms with van der Waals surface area (Å²) in [5, 5.41) is 7.17. The fourth-order valence-electron chi connectivity index (χ4n) is 3.70. The molecule has 0 unspecified atom stereocenters. The summed E-state index contributed by atoms with van der Waals surface area (Å²) in [6.45, 7) is 5.15. The van der Waals surface area contributed by atoms with Gasteiger partial charge < -0.3 is 10.1 Å². The summed E-state index contributed by atoms with van der Waals surface area (Å²) in [6.07, 6.45) is 3.08. The van der Waals surface area contributed by atoms with Crippen LogP contribution in [0.25, 0.3) is 5.69 Å². The fourth-order valence-corrected chi connectivity index (χ4v) is 3.70. The minimum Gasteiger partial charge on any atom is -0.379 e. The molecule has 0 spiro atoms. The number of morpholine rings is 1. The van der Waals surface area contributed by atoms with Crippen molar-refractivity contribution in [3.63, 3.8) is 0 Å². The Labute approximate surface area is 174 Å². The van der Waals surface area contributed by atoms with E-state index in [9.17, 15) is 9.18 Å². The number of hydrogen-bond acceptors (Lipinski definition) is 5. The zero-order valence-electron chi connectivity index (χ0n) is 16.8. The SMILES string of the molecule is Cc1cc(-n2cncn2)ccc1C(=O)NC[C@@H](c1ccc(F)cc1)N1CCOCC1. The van der Waals surface area contributed by atoms with Gasteiger partial charge in [0.05, 0.1) is 24.9 Å². The van der Waals surface area contributed by atoms with Crippen molar-refractivity contribution >= 4 is 5.91 Å². The van der Waals surface area contributed by atoms with E-state index in [1.807, 2.05) is 19.1 Å². The monoisotopic (exact) mass is 409 g/mol. The first-order chi connectivity index (χ1) is 14.6. The Morgan fingerprint density at radius 2 is 1.97 bits per heavy atom. The molecule has 3 aromatic rings. The molecule has 4 rings (SSSR count). The summed E-state index contributed by atoms with van der Waals surface area (Å²) in [7, 11) is 0. The van der Waals surface area contributed by atoms with Crippen molar-refractivity contribution in [3.8, 4) is 5.69 Å². The van der Waals surface area contributed by atoms with E-state index in [1.54, 1.807) is 29.2 Å². The molecule has 30 heavy (non-hydrogen) atoms. The Kier molecular flexibility index (Phi) is 6.15. The maximum Gasteiger partial charge on any atom is 0.251 e. The van der Waals surface area contributed by atoms with Crippen molar-refractivity contribution in [1.29, 1.82) is 0 Å². The Bertz CT molecular complexity index is 985. The molecular formula is C22H24FN5O2. The van der Waals surface area contributed by atoms with Crippen LogP contribution in [0.15, 0.2) is 55.1 Å². The molecule has 1 amide bonds. The molecule has 7 nitrogen and oxygen atoms in total. The Hall–Kier alpha value is -3.10. The smallest absolute Gasteiger partial charge is 0.251 e. The van der Waals surface area contributed by atoms with E-state index in [4.69, 9.17) is 4.74 Å². The van der Waals surface area contributed by atoms with Crippen molar-refractivity contribution in [2.75, 3.05) is 32.8 Å². The highest BCUT2D eigenvalue weighted by molar-refractivity contribution is 5.95. The largest absolute Gasteiger partial charge is 0.379 e. The number of benzene rings is 2. The average Bonchev–Trinajstić information content (AvgIpc) is 3.30. The fraction of sp³-hybridized carbons (Fsp3) is 0.318. The highest BCUT2D eigenvalue weighted by Gasteiger charge is 2.23. The van der Waals surface area contributed by atoms with Crippen LogP contribution in [0, 0.1) is 12.7 Å². The van der Waals surface area contributed by atoms with Gasteiger partial charge in [0.25, 0.3) is 5.91 Å². The molecule has 1 aliphatic rings. The van der Waals surface area contributed by atoms with Crippen LogP contribution in [0.5, 0.6) is 0 Å². The molecule has 156 valence electrons. The summed E-state index contributed by atoms with van der Waals surface area (Å²) in [5.41, 5.74) is 3.28. The summed E-state index contributed by atoms with van der Waals surface area (Å²) >= 11 is 0. The minimum atomic E-state index is -0.272. The van der Waals surface area contributed by atoms with Crippen molar-refractivity contribution in [3.05, 3.63) is 77.6 Å². The number of ether oxygens (including phenoxy) is 1. The molecule has 1 N–H and O–H groups in total. The average molecular weight is 409 g/mol. The van der Waals surface area contributed by atoms with Crippen LogP contribution in [0.1, 0.15) is 27.5 Å². The normalized spacial score (nSPS) is 15.7. The molecule has 2 heterocycles. The highest BCUT2D eigenvalue weighted by Crippen LogP contribution is 2.22.